The second-order valence-electron chi connectivity index (χ2n) is 5.31. The highest BCUT2D eigenvalue weighted by Crippen LogP contribution is 2.25. The molecular weight excluding hydrogens is 254 g/mol. The molecule has 0 spiro atoms. The molecule has 1 N–H and O–H groups in total. The van der Waals surface area contributed by atoms with Gasteiger partial charge in [-0.15, -0.1) is 0 Å². The number of carbonyl (C=O) groups is 2. The Kier molecular flexibility index (Phi) is 5.16. The monoisotopic (exact) mass is 275 g/mol. The van der Waals surface area contributed by atoms with Gasteiger partial charge in [0.1, 0.15) is 12.4 Å². The van der Waals surface area contributed by atoms with Gasteiger partial charge < -0.3 is 10.1 Å². The second-order valence-corrected chi connectivity index (χ2v) is 5.31. The van der Waals surface area contributed by atoms with E-state index in [1.807, 2.05) is 30.3 Å². The van der Waals surface area contributed by atoms with Crippen molar-refractivity contribution in [1.82, 2.24) is 5.32 Å². The first-order valence-corrected chi connectivity index (χ1v) is 7.14. The van der Waals surface area contributed by atoms with E-state index in [0.29, 0.717) is 0 Å². The Hall–Kier alpha value is -1.84. The topological polar surface area (TPSA) is 55.4 Å². The quantitative estimate of drug-likeness (QED) is 0.918. The summed E-state index contributed by atoms with van der Waals surface area (Å²) in [5.74, 6) is 0.0890. The van der Waals surface area contributed by atoms with Crippen LogP contribution in [0.3, 0.4) is 0 Å². The normalized spacial score (nSPS) is 22.1. The van der Waals surface area contributed by atoms with Crippen LogP contribution in [0.2, 0.25) is 0 Å². The number of ether oxygens (including phenoxy) is 1. The van der Waals surface area contributed by atoms with Crippen molar-refractivity contribution in [2.24, 2.45) is 5.92 Å². The van der Waals surface area contributed by atoms with Crippen LogP contribution in [0, 0.1) is 5.92 Å². The molecule has 0 bridgehead atoms. The first-order chi connectivity index (χ1) is 9.66. The third-order valence-electron chi connectivity index (χ3n) is 3.80. The lowest BCUT2D eigenvalue weighted by Crippen LogP contribution is -2.44. The summed E-state index contributed by atoms with van der Waals surface area (Å²) < 4.78 is 5.20. The van der Waals surface area contributed by atoms with E-state index in [1.54, 1.807) is 6.92 Å². The van der Waals surface area contributed by atoms with Crippen molar-refractivity contribution in [3.05, 3.63) is 35.9 Å². The van der Waals surface area contributed by atoms with Crippen LogP contribution in [0.25, 0.3) is 0 Å². The lowest BCUT2D eigenvalue weighted by molar-refractivity contribution is -0.122. The average Bonchev–Trinajstić information content (AvgIpc) is 2.46. The van der Waals surface area contributed by atoms with E-state index in [2.05, 4.69) is 5.32 Å². The predicted molar refractivity (Wildman–Crippen MR) is 76.2 cm³/mol. The lowest BCUT2D eigenvalue weighted by Gasteiger charge is -2.30. The molecule has 2 rings (SSSR count). The van der Waals surface area contributed by atoms with Gasteiger partial charge in [-0.2, -0.15) is 0 Å². The molecule has 20 heavy (non-hydrogen) atoms. The fraction of sp³-hybridized carbons (Fsp3) is 0.500. The van der Waals surface area contributed by atoms with Gasteiger partial charge in [0, 0.05) is 12.0 Å². The Morgan fingerprint density at radius 3 is 2.60 bits per heavy atom. The van der Waals surface area contributed by atoms with Crippen molar-refractivity contribution in [2.75, 3.05) is 0 Å². The van der Waals surface area contributed by atoms with Crippen LogP contribution in [0.15, 0.2) is 30.3 Å². The number of hydrogen-bond donors (Lipinski definition) is 1. The van der Waals surface area contributed by atoms with Crippen molar-refractivity contribution in [3.8, 4) is 0 Å². The highest BCUT2D eigenvalue weighted by atomic mass is 16.5. The molecule has 0 aromatic heterocycles. The third kappa shape index (κ3) is 4.08. The van der Waals surface area contributed by atoms with E-state index in [4.69, 9.17) is 4.74 Å². The molecule has 1 aromatic rings. The summed E-state index contributed by atoms with van der Waals surface area (Å²) in [7, 11) is 0. The van der Waals surface area contributed by atoms with E-state index in [-0.39, 0.29) is 24.3 Å². The molecule has 0 aliphatic heterocycles. The number of carbonyl (C=O) groups excluding carboxylic acids is 2. The van der Waals surface area contributed by atoms with Gasteiger partial charge >= 0.3 is 6.09 Å². The smallest absolute Gasteiger partial charge is 0.407 e. The molecule has 1 aliphatic rings. The van der Waals surface area contributed by atoms with Crippen LogP contribution in [-0.2, 0) is 16.1 Å². The standard InChI is InChI=1S/C16H21NO3/c1-12(18)14-9-5-6-10-15(14)17-16(19)20-11-13-7-3-2-4-8-13/h2-4,7-8,14-15H,5-6,9-11H2,1H3,(H,17,19)/t14-,15+/m1/s1. The third-order valence-corrected chi connectivity index (χ3v) is 3.80. The molecule has 1 aliphatic carbocycles. The summed E-state index contributed by atoms with van der Waals surface area (Å²) in [4.78, 5) is 23.4. The van der Waals surface area contributed by atoms with Gasteiger partial charge in [-0.05, 0) is 25.3 Å². The molecule has 4 nitrogen and oxygen atoms in total. The predicted octanol–water partition coefficient (Wildman–Crippen LogP) is 3.06. The zero-order valence-electron chi connectivity index (χ0n) is 11.8. The maximum Gasteiger partial charge on any atom is 0.407 e. The number of rotatable bonds is 4. The van der Waals surface area contributed by atoms with E-state index >= 15 is 0 Å². The maximum absolute atomic E-state index is 11.8. The van der Waals surface area contributed by atoms with E-state index in [9.17, 15) is 9.59 Å². The van der Waals surface area contributed by atoms with Crippen LogP contribution in [0.4, 0.5) is 4.79 Å². The van der Waals surface area contributed by atoms with Crippen molar-refractivity contribution >= 4 is 11.9 Å². The molecule has 1 saturated carbocycles. The van der Waals surface area contributed by atoms with Gasteiger partial charge in [0.05, 0.1) is 0 Å². The van der Waals surface area contributed by atoms with Crippen LogP contribution < -0.4 is 5.32 Å². The van der Waals surface area contributed by atoms with Crippen LogP contribution >= 0.6 is 0 Å². The van der Waals surface area contributed by atoms with Gasteiger partial charge in [0.2, 0.25) is 0 Å². The zero-order valence-corrected chi connectivity index (χ0v) is 11.8. The minimum absolute atomic E-state index is 0.0620. The fourth-order valence-electron chi connectivity index (χ4n) is 2.71. The molecule has 0 unspecified atom stereocenters. The largest absolute Gasteiger partial charge is 0.445 e. The number of amides is 1. The highest BCUT2D eigenvalue weighted by Gasteiger charge is 2.29. The van der Waals surface area contributed by atoms with E-state index < -0.39 is 6.09 Å². The number of alkyl carbamates (subject to hydrolysis) is 1. The van der Waals surface area contributed by atoms with Crippen molar-refractivity contribution in [2.45, 2.75) is 45.3 Å². The molecule has 0 radical (unpaired) electrons. The molecule has 1 fully saturated rings. The van der Waals surface area contributed by atoms with Crippen LogP contribution in [-0.4, -0.2) is 17.9 Å². The number of nitrogens with one attached hydrogen (secondary N) is 1. The van der Waals surface area contributed by atoms with Crippen molar-refractivity contribution in [1.29, 1.82) is 0 Å². The minimum Gasteiger partial charge on any atom is -0.445 e. The molecule has 1 amide bonds. The minimum atomic E-state index is -0.438. The summed E-state index contributed by atoms with van der Waals surface area (Å²) in [6.45, 7) is 1.85. The number of benzene rings is 1. The molecule has 4 heteroatoms. The Balaban J connectivity index is 1.82. The molecule has 108 valence electrons. The number of ketones is 1. The highest BCUT2D eigenvalue weighted by molar-refractivity contribution is 5.80. The first kappa shape index (κ1) is 14.6. The summed E-state index contributed by atoms with van der Waals surface area (Å²) in [5, 5.41) is 2.84. The Morgan fingerprint density at radius 2 is 1.90 bits per heavy atom. The summed E-state index contributed by atoms with van der Waals surface area (Å²) in [6, 6.07) is 9.47. The number of Topliss-reactive ketones (excluding diaryl/α,β-unsaturated/α-hetero) is 1. The first-order valence-electron chi connectivity index (χ1n) is 7.14. The zero-order chi connectivity index (χ0) is 14.4. The fourth-order valence-corrected chi connectivity index (χ4v) is 2.71. The van der Waals surface area contributed by atoms with Gasteiger partial charge in [-0.1, -0.05) is 43.2 Å². The van der Waals surface area contributed by atoms with E-state index in [0.717, 1.165) is 31.2 Å². The van der Waals surface area contributed by atoms with Crippen molar-refractivity contribution < 1.29 is 14.3 Å². The number of hydrogen-bond acceptors (Lipinski definition) is 3. The maximum atomic E-state index is 11.8. The Morgan fingerprint density at radius 1 is 1.20 bits per heavy atom. The Bertz CT molecular complexity index is 458. The molecule has 2 atom stereocenters. The van der Waals surface area contributed by atoms with Gasteiger partial charge in [0.15, 0.2) is 0 Å². The summed E-state index contributed by atoms with van der Waals surface area (Å²) in [6.07, 6.45) is 3.38. The van der Waals surface area contributed by atoms with Crippen molar-refractivity contribution in [3.63, 3.8) is 0 Å². The SMILES string of the molecule is CC(=O)[C@H]1CCCC[C@@H]1NC(=O)OCc1ccccc1. The summed E-state index contributed by atoms with van der Waals surface area (Å²) in [5.41, 5.74) is 0.953. The lowest BCUT2D eigenvalue weighted by atomic mass is 9.82. The Labute approximate surface area is 119 Å². The molecule has 0 saturated heterocycles. The average molecular weight is 275 g/mol. The van der Waals surface area contributed by atoms with Gasteiger partial charge in [-0.25, -0.2) is 4.79 Å². The molecule has 1 aromatic carbocycles. The van der Waals surface area contributed by atoms with Crippen LogP contribution in [0.1, 0.15) is 38.2 Å². The molecule has 0 heterocycles. The second kappa shape index (κ2) is 7.08. The van der Waals surface area contributed by atoms with Gasteiger partial charge in [-0.3, -0.25) is 4.79 Å². The summed E-state index contributed by atoms with van der Waals surface area (Å²) >= 11 is 0. The molecular formula is C16H21NO3. The van der Waals surface area contributed by atoms with Gasteiger partial charge in [0.25, 0.3) is 0 Å². The van der Waals surface area contributed by atoms with Crippen LogP contribution in [0.5, 0.6) is 0 Å². The van der Waals surface area contributed by atoms with E-state index in [1.165, 1.54) is 0 Å².